The van der Waals surface area contributed by atoms with Gasteiger partial charge in [0, 0.05) is 5.56 Å². The molecule has 0 aliphatic carbocycles. The van der Waals surface area contributed by atoms with E-state index in [9.17, 15) is 14.0 Å². The van der Waals surface area contributed by atoms with Crippen molar-refractivity contribution in [3.8, 4) is 5.75 Å². The summed E-state index contributed by atoms with van der Waals surface area (Å²) in [7, 11) is 0. The minimum absolute atomic E-state index is 0.0102. The topological polar surface area (TPSA) is 84.7 Å². The Morgan fingerprint density at radius 2 is 1.87 bits per heavy atom. The Morgan fingerprint density at radius 3 is 2.57 bits per heavy atom. The van der Waals surface area contributed by atoms with Crippen LogP contribution in [0.15, 0.2) is 48.5 Å². The summed E-state index contributed by atoms with van der Waals surface area (Å²) in [5.41, 5.74) is 2.88. The summed E-state index contributed by atoms with van der Waals surface area (Å²) in [5, 5.41) is 0. The van der Waals surface area contributed by atoms with E-state index in [1.165, 1.54) is 29.2 Å². The van der Waals surface area contributed by atoms with Gasteiger partial charge < -0.3 is 9.64 Å². The number of hydrazine groups is 1. The fraction of sp³-hybridized carbons (Fsp3) is 0.125. The zero-order valence-electron chi connectivity index (χ0n) is 12.0. The molecule has 0 bridgehead atoms. The highest BCUT2D eigenvalue weighted by molar-refractivity contribution is 6.07. The van der Waals surface area contributed by atoms with Crippen LogP contribution in [0.4, 0.5) is 10.1 Å². The van der Waals surface area contributed by atoms with Gasteiger partial charge in [-0.25, -0.2) is 10.2 Å². The lowest BCUT2D eigenvalue weighted by Crippen LogP contribution is -2.52. The third kappa shape index (κ3) is 2.86. The van der Waals surface area contributed by atoms with Crippen molar-refractivity contribution in [2.24, 2.45) is 5.84 Å². The van der Waals surface area contributed by atoms with Crippen molar-refractivity contribution < 1.29 is 18.7 Å². The van der Waals surface area contributed by atoms with Crippen LogP contribution in [-0.4, -0.2) is 24.5 Å². The van der Waals surface area contributed by atoms with Gasteiger partial charge in [0.1, 0.15) is 11.6 Å². The molecule has 23 heavy (non-hydrogen) atoms. The average Bonchev–Trinajstić information content (AvgIpc) is 2.60. The second-order valence-electron chi connectivity index (χ2n) is 5.01. The normalized spacial score (nSPS) is 16.3. The van der Waals surface area contributed by atoms with Gasteiger partial charge in [-0.05, 0) is 36.4 Å². The predicted molar refractivity (Wildman–Crippen MR) is 81.3 cm³/mol. The summed E-state index contributed by atoms with van der Waals surface area (Å²) >= 11 is 0. The molecule has 2 aromatic rings. The number of carbonyl (C=O) groups excluding carboxylic acids is 2. The summed E-state index contributed by atoms with van der Waals surface area (Å²) in [6.07, 6.45) is -0.917. The van der Waals surface area contributed by atoms with Gasteiger partial charge in [0.05, 0.1) is 12.2 Å². The summed E-state index contributed by atoms with van der Waals surface area (Å²) in [4.78, 5) is 25.9. The molecule has 3 rings (SSSR count). The van der Waals surface area contributed by atoms with Gasteiger partial charge in [-0.1, -0.05) is 12.1 Å². The maximum atomic E-state index is 13.0. The van der Waals surface area contributed by atoms with Gasteiger partial charge in [0.25, 0.3) is 11.8 Å². The van der Waals surface area contributed by atoms with E-state index >= 15 is 0 Å². The first kappa shape index (κ1) is 15.0. The Kier molecular flexibility index (Phi) is 3.94. The summed E-state index contributed by atoms with van der Waals surface area (Å²) in [6.45, 7) is 0.0102. The molecule has 118 valence electrons. The van der Waals surface area contributed by atoms with E-state index in [-0.39, 0.29) is 12.5 Å². The Balaban J connectivity index is 1.97. The van der Waals surface area contributed by atoms with Crippen LogP contribution in [0.3, 0.4) is 0 Å². The first-order chi connectivity index (χ1) is 11.1. The molecule has 0 radical (unpaired) electrons. The number of benzene rings is 2. The number of hydrogen-bond donors (Lipinski definition) is 2. The zero-order chi connectivity index (χ0) is 16.4. The fourth-order valence-electron chi connectivity index (χ4n) is 2.40. The molecule has 3 N–H and O–H groups in total. The molecule has 1 atom stereocenters. The molecular weight excluding hydrogens is 301 g/mol. The third-order valence-electron chi connectivity index (χ3n) is 3.54. The van der Waals surface area contributed by atoms with E-state index in [0.717, 1.165) is 0 Å². The fourth-order valence-corrected chi connectivity index (χ4v) is 2.40. The number of rotatable bonds is 2. The van der Waals surface area contributed by atoms with Gasteiger partial charge in [-0.2, -0.15) is 0 Å². The minimum atomic E-state index is -0.917. The zero-order valence-corrected chi connectivity index (χ0v) is 12.0. The Morgan fingerprint density at radius 1 is 1.17 bits per heavy atom. The Labute approximate surface area is 131 Å². The van der Waals surface area contributed by atoms with Crippen molar-refractivity contribution >= 4 is 17.5 Å². The van der Waals surface area contributed by atoms with Crippen LogP contribution >= 0.6 is 0 Å². The summed E-state index contributed by atoms with van der Waals surface area (Å²) in [5.74, 6) is 4.24. The lowest BCUT2D eigenvalue weighted by molar-refractivity contribution is -0.127. The van der Waals surface area contributed by atoms with Crippen LogP contribution in [0.2, 0.25) is 0 Å². The Bertz CT molecular complexity index is 748. The summed E-state index contributed by atoms with van der Waals surface area (Å²) < 4.78 is 18.6. The second kappa shape index (κ2) is 6.05. The van der Waals surface area contributed by atoms with Crippen molar-refractivity contribution in [1.82, 2.24) is 5.43 Å². The molecular formula is C16H14FN3O3. The second-order valence-corrected chi connectivity index (χ2v) is 5.01. The summed E-state index contributed by atoms with van der Waals surface area (Å²) in [6, 6.07) is 12.1. The van der Waals surface area contributed by atoms with E-state index in [4.69, 9.17) is 10.6 Å². The molecule has 0 aromatic heterocycles. The maximum absolute atomic E-state index is 13.0. The number of halogens is 1. The number of hydrogen-bond acceptors (Lipinski definition) is 4. The van der Waals surface area contributed by atoms with E-state index < -0.39 is 17.8 Å². The molecule has 1 aliphatic rings. The number of nitrogens with two attached hydrogens (primary N) is 1. The largest absolute Gasteiger partial charge is 0.476 e. The van der Waals surface area contributed by atoms with Gasteiger partial charge in [-0.15, -0.1) is 0 Å². The van der Waals surface area contributed by atoms with Crippen molar-refractivity contribution in [2.45, 2.75) is 6.10 Å². The highest BCUT2D eigenvalue weighted by Gasteiger charge is 2.33. The lowest BCUT2D eigenvalue weighted by Gasteiger charge is -2.33. The molecule has 0 fully saturated rings. The van der Waals surface area contributed by atoms with Crippen molar-refractivity contribution in [2.75, 3.05) is 11.4 Å². The molecule has 2 aromatic carbocycles. The van der Waals surface area contributed by atoms with Crippen LogP contribution in [-0.2, 0) is 4.79 Å². The molecule has 0 saturated carbocycles. The lowest BCUT2D eigenvalue weighted by atomic mass is 10.1. The molecule has 0 spiro atoms. The Hall–Kier alpha value is -2.93. The number of nitrogens with one attached hydrogen (secondary N) is 1. The van der Waals surface area contributed by atoms with E-state index in [1.54, 1.807) is 24.3 Å². The molecule has 2 amide bonds. The number of amides is 2. The van der Waals surface area contributed by atoms with Gasteiger partial charge in [-0.3, -0.25) is 15.0 Å². The highest BCUT2D eigenvalue weighted by Crippen LogP contribution is 2.34. The molecule has 6 nitrogen and oxygen atoms in total. The van der Waals surface area contributed by atoms with E-state index in [1.807, 2.05) is 5.43 Å². The van der Waals surface area contributed by atoms with Gasteiger partial charge >= 0.3 is 0 Å². The van der Waals surface area contributed by atoms with Gasteiger partial charge in [0.2, 0.25) is 0 Å². The number of fused-ring (bicyclic) bond motifs is 1. The van der Waals surface area contributed by atoms with Crippen LogP contribution in [0.25, 0.3) is 0 Å². The SMILES string of the molecule is NNC(=O)[C@H]1CN(C(=O)c2ccc(F)cc2)c2ccccc2O1. The smallest absolute Gasteiger partial charge is 0.276 e. The number of anilines is 1. The number of ether oxygens (including phenoxy) is 1. The molecule has 1 aliphatic heterocycles. The van der Waals surface area contributed by atoms with Crippen molar-refractivity contribution in [3.63, 3.8) is 0 Å². The van der Waals surface area contributed by atoms with E-state index in [2.05, 4.69) is 0 Å². The standard InChI is InChI=1S/C16H14FN3O3/c17-11-7-5-10(6-8-11)16(22)20-9-14(15(21)19-18)23-13-4-2-1-3-12(13)20/h1-8,14H,9,18H2,(H,19,21)/t14-/m1/s1. The quantitative estimate of drug-likeness (QED) is 0.496. The van der Waals surface area contributed by atoms with Crippen LogP contribution < -0.4 is 20.9 Å². The number of para-hydroxylation sites is 2. The number of carbonyl (C=O) groups is 2. The molecule has 1 heterocycles. The molecule has 0 unspecified atom stereocenters. The first-order valence-electron chi connectivity index (χ1n) is 6.93. The molecule has 7 heteroatoms. The maximum Gasteiger partial charge on any atom is 0.276 e. The third-order valence-corrected chi connectivity index (χ3v) is 3.54. The monoisotopic (exact) mass is 315 g/mol. The average molecular weight is 315 g/mol. The van der Waals surface area contributed by atoms with Crippen molar-refractivity contribution in [3.05, 3.63) is 59.9 Å². The molecule has 0 saturated heterocycles. The van der Waals surface area contributed by atoms with Crippen molar-refractivity contribution in [1.29, 1.82) is 0 Å². The number of nitrogens with zero attached hydrogens (tertiary/aromatic N) is 1. The van der Waals surface area contributed by atoms with Crippen LogP contribution in [0.5, 0.6) is 5.75 Å². The first-order valence-corrected chi connectivity index (χ1v) is 6.93. The van der Waals surface area contributed by atoms with Crippen LogP contribution in [0, 0.1) is 5.82 Å². The highest BCUT2D eigenvalue weighted by atomic mass is 19.1. The predicted octanol–water partition coefficient (Wildman–Crippen LogP) is 1.22. The van der Waals surface area contributed by atoms with Gasteiger partial charge in [0.15, 0.2) is 6.10 Å². The van der Waals surface area contributed by atoms with Crippen LogP contribution in [0.1, 0.15) is 10.4 Å². The van der Waals surface area contributed by atoms with E-state index in [0.29, 0.717) is 17.0 Å². The minimum Gasteiger partial charge on any atom is -0.476 e.